The largest absolute Gasteiger partial charge is 0.244 e. The van der Waals surface area contributed by atoms with E-state index in [1.807, 2.05) is 72.8 Å². The molecule has 222 valence electrons. The van der Waals surface area contributed by atoms with E-state index in [-0.39, 0.29) is 0 Å². The summed E-state index contributed by atoms with van der Waals surface area (Å²) in [5.41, 5.74) is 10.2. The Bertz CT molecular complexity index is 1940. The predicted molar refractivity (Wildman–Crippen MR) is 197 cm³/mol. The first kappa shape index (κ1) is 30.7. The summed E-state index contributed by atoms with van der Waals surface area (Å²) >= 11 is 14.0. The highest BCUT2D eigenvalue weighted by atomic mass is 79.9. The van der Waals surface area contributed by atoms with Gasteiger partial charge in [0.1, 0.15) is 18.4 Å². The molecule has 0 saturated heterocycles. The Balaban J connectivity index is 1.32. The van der Waals surface area contributed by atoms with Crippen LogP contribution in [0.4, 0.5) is 0 Å². The van der Waals surface area contributed by atoms with Gasteiger partial charge in [0.15, 0.2) is 0 Å². The summed E-state index contributed by atoms with van der Waals surface area (Å²) in [5, 5.41) is 0. The minimum absolute atomic E-state index is 0.746. The van der Waals surface area contributed by atoms with Gasteiger partial charge in [-0.1, -0.05) is 48.5 Å². The van der Waals surface area contributed by atoms with Crippen LogP contribution in [0.2, 0.25) is 0 Å². The average molecular weight is 856 g/mol. The lowest BCUT2D eigenvalue weighted by Gasteiger charge is -2.12. The van der Waals surface area contributed by atoms with E-state index in [9.17, 15) is 0 Å². The fourth-order valence-electron chi connectivity index (χ4n) is 4.98. The number of pyridine rings is 6. The van der Waals surface area contributed by atoms with Gasteiger partial charge in [-0.15, -0.1) is 0 Å². The van der Waals surface area contributed by atoms with Crippen LogP contribution in [0.3, 0.4) is 0 Å². The van der Waals surface area contributed by atoms with E-state index in [1.54, 1.807) is 0 Å². The number of halogens is 4. The fraction of sp³-hybridized carbons (Fsp3) is 0. The van der Waals surface area contributed by atoms with Crippen molar-refractivity contribution in [2.75, 3.05) is 0 Å². The van der Waals surface area contributed by atoms with Crippen molar-refractivity contribution in [1.82, 2.24) is 29.9 Å². The SMILES string of the molecule is Brc1cccc(-c2cc(-c3ccc(-c4cc(-c5cccc(Br)n5)nc(-c5cccc(Br)n5)c4)cc3)cc(-c3cccc(Br)n3)n2)n1. The third kappa shape index (κ3) is 6.90. The molecule has 0 saturated carbocycles. The van der Waals surface area contributed by atoms with Gasteiger partial charge in [0.2, 0.25) is 0 Å². The van der Waals surface area contributed by atoms with Crippen molar-refractivity contribution in [3.63, 3.8) is 0 Å². The van der Waals surface area contributed by atoms with Gasteiger partial charge in [0, 0.05) is 0 Å². The molecule has 6 nitrogen and oxygen atoms in total. The van der Waals surface area contributed by atoms with E-state index in [4.69, 9.17) is 9.97 Å². The molecule has 0 aliphatic rings. The summed E-state index contributed by atoms with van der Waals surface area (Å²) in [6.45, 7) is 0. The molecule has 1 aromatic carbocycles. The minimum Gasteiger partial charge on any atom is -0.244 e. The van der Waals surface area contributed by atoms with Gasteiger partial charge in [0.25, 0.3) is 0 Å². The summed E-state index contributed by atoms with van der Waals surface area (Å²) in [6.07, 6.45) is 0. The van der Waals surface area contributed by atoms with Crippen LogP contribution < -0.4 is 0 Å². The Hall–Kier alpha value is -3.96. The first-order valence-electron chi connectivity index (χ1n) is 14.0. The molecule has 10 heteroatoms. The summed E-state index contributed by atoms with van der Waals surface area (Å²) < 4.78 is 2.98. The lowest BCUT2D eigenvalue weighted by molar-refractivity contribution is 1.19. The molecule has 0 amide bonds. The summed E-state index contributed by atoms with van der Waals surface area (Å²) in [5.74, 6) is 0. The summed E-state index contributed by atoms with van der Waals surface area (Å²) in [6, 6.07) is 40.0. The molecule has 7 aromatic rings. The van der Waals surface area contributed by atoms with Gasteiger partial charge in [-0.25, -0.2) is 29.9 Å². The van der Waals surface area contributed by atoms with E-state index in [0.717, 1.165) is 86.2 Å². The number of nitrogens with zero attached hydrogens (tertiary/aromatic N) is 6. The highest BCUT2D eigenvalue weighted by molar-refractivity contribution is 9.11. The molecule has 0 fully saturated rings. The lowest BCUT2D eigenvalue weighted by Crippen LogP contribution is -1.95. The maximum Gasteiger partial charge on any atom is 0.106 e. The van der Waals surface area contributed by atoms with Gasteiger partial charge < -0.3 is 0 Å². The van der Waals surface area contributed by atoms with Crippen LogP contribution >= 0.6 is 63.7 Å². The molecule has 6 heterocycles. The average Bonchev–Trinajstić information content (AvgIpc) is 3.08. The van der Waals surface area contributed by atoms with Gasteiger partial charge >= 0.3 is 0 Å². The zero-order valence-electron chi connectivity index (χ0n) is 23.7. The molecule has 6 aromatic heterocycles. The highest BCUT2D eigenvalue weighted by Gasteiger charge is 2.14. The second kappa shape index (κ2) is 13.4. The number of benzene rings is 1. The summed E-state index contributed by atoms with van der Waals surface area (Å²) in [4.78, 5) is 28.5. The number of aromatic nitrogens is 6. The van der Waals surface area contributed by atoms with Crippen molar-refractivity contribution < 1.29 is 0 Å². The van der Waals surface area contributed by atoms with Crippen LogP contribution in [0.15, 0.2) is 140 Å². The fourth-order valence-corrected chi connectivity index (χ4v) is 6.35. The Morgan fingerprint density at radius 2 is 0.522 bits per heavy atom. The second-order valence-electron chi connectivity index (χ2n) is 10.2. The van der Waals surface area contributed by atoms with Gasteiger partial charge in [-0.3, -0.25) is 0 Å². The van der Waals surface area contributed by atoms with Gasteiger partial charge in [0.05, 0.1) is 45.6 Å². The van der Waals surface area contributed by atoms with Crippen LogP contribution in [0.25, 0.3) is 67.8 Å². The monoisotopic (exact) mass is 852 g/mol. The predicted octanol–water partition coefficient (Wildman–Crippen LogP) is 11.1. The van der Waals surface area contributed by atoms with E-state index >= 15 is 0 Å². The molecule has 0 N–H and O–H groups in total. The molecule has 0 spiro atoms. The second-order valence-corrected chi connectivity index (χ2v) is 13.5. The minimum atomic E-state index is 0.746. The van der Waals surface area contributed by atoms with E-state index < -0.39 is 0 Å². The van der Waals surface area contributed by atoms with E-state index in [2.05, 4.69) is 132 Å². The summed E-state index contributed by atoms with van der Waals surface area (Å²) in [7, 11) is 0. The smallest absolute Gasteiger partial charge is 0.106 e. The molecule has 0 bridgehead atoms. The van der Waals surface area contributed by atoms with Crippen molar-refractivity contribution in [2.24, 2.45) is 0 Å². The Morgan fingerprint density at radius 1 is 0.261 bits per heavy atom. The van der Waals surface area contributed by atoms with Crippen LogP contribution in [-0.4, -0.2) is 29.9 Å². The molecule has 0 aliphatic carbocycles. The van der Waals surface area contributed by atoms with Crippen molar-refractivity contribution in [3.8, 4) is 67.8 Å². The molecular weight excluding hydrogens is 836 g/mol. The van der Waals surface area contributed by atoms with Crippen LogP contribution in [0.5, 0.6) is 0 Å². The van der Waals surface area contributed by atoms with Crippen molar-refractivity contribution >= 4 is 63.7 Å². The molecule has 7 rings (SSSR count). The van der Waals surface area contributed by atoms with Gasteiger partial charge in [-0.05, 0) is 159 Å². The quantitative estimate of drug-likeness (QED) is 0.155. The number of hydrogen-bond acceptors (Lipinski definition) is 6. The maximum absolute atomic E-state index is 4.94. The zero-order valence-corrected chi connectivity index (χ0v) is 30.1. The van der Waals surface area contributed by atoms with Gasteiger partial charge in [-0.2, -0.15) is 0 Å². The Morgan fingerprint density at radius 3 is 0.761 bits per heavy atom. The first-order chi connectivity index (χ1) is 22.4. The third-order valence-electron chi connectivity index (χ3n) is 7.11. The van der Waals surface area contributed by atoms with Crippen LogP contribution in [0.1, 0.15) is 0 Å². The Labute approximate surface area is 299 Å². The number of rotatable bonds is 6. The molecule has 0 aliphatic heterocycles. The van der Waals surface area contributed by atoms with Crippen molar-refractivity contribution in [3.05, 3.63) is 140 Å². The first-order valence-corrected chi connectivity index (χ1v) is 17.2. The molecule has 0 unspecified atom stereocenters. The van der Waals surface area contributed by atoms with Crippen LogP contribution in [0, 0.1) is 0 Å². The van der Waals surface area contributed by atoms with Crippen molar-refractivity contribution in [1.29, 1.82) is 0 Å². The van der Waals surface area contributed by atoms with E-state index in [0.29, 0.717) is 0 Å². The third-order valence-corrected chi connectivity index (χ3v) is 8.88. The molecular formula is C36H20Br4N6. The molecule has 0 atom stereocenters. The topological polar surface area (TPSA) is 77.3 Å². The molecule has 0 radical (unpaired) electrons. The van der Waals surface area contributed by atoms with Crippen LogP contribution in [-0.2, 0) is 0 Å². The highest BCUT2D eigenvalue weighted by Crippen LogP contribution is 2.34. The maximum atomic E-state index is 4.94. The standard InChI is InChI=1S/C36H20Br4N6/c37-33-9-1-5-25(43-33)29-17-23(18-30(41-29)26-6-2-10-34(38)44-26)21-13-15-22(16-14-21)24-19-31(27-7-3-11-35(39)45-27)42-32(20-24)28-8-4-12-36(40)46-28/h1-20H. The Kier molecular flexibility index (Phi) is 8.95. The van der Waals surface area contributed by atoms with Crippen molar-refractivity contribution in [2.45, 2.75) is 0 Å². The number of hydrogen-bond donors (Lipinski definition) is 0. The van der Waals surface area contributed by atoms with E-state index in [1.165, 1.54) is 0 Å². The normalized spacial score (nSPS) is 11.0. The molecule has 46 heavy (non-hydrogen) atoms. The zero-order chi connectivity index (χ0) is 31.6. The lowest BCUT2D eigenvalue weighted by atomic mass is 9.98.